The first-order valence-corrected chi connectivity index (χ1v) is 8.42. The van der Waals surface area contributed by atoms with Gasteiger partial charge in [0.25, 0.3) is 0 Å². The molecule has 7 nitrogen and oxygen atoms in total. The Morgan fingerprint density at radius 1 is 1.27 bits per heavy atom. The Balaban J connectivity index is 1.74. The number of anilines is 2. The Kier molecular flexibility index (Phi) is 4.00. The summed E-state index contributed by atoms with van der Waals surface area (Å²) >= 11 is 0. The van der Waals surface area contributed by atoms with Crippen molar-refractivity contribution in [2.24, 2.45) is 0 Å². The number of morpholine rings is 1. The molecule has 1 aromatic rings. The second-order valence-corrected chi connectivity index (χ2v) is 6.90. The van der Waals surface area contributed by atoms with Gasteiger partial charge in [0.05, 0.1) is 25.1 Å². The molecule has 120 valence electrons. The van der Waals surface area contributed by atoms with Crippen LogP contribution >= 0.6 is 0 Å². The largest absolute Gasteiger partial charge is 0.378 e. The quantitative estimate of drug-likeness (QED) is 0.743. The van der Waals surface area contributed by atoms with Crippen LogP contribution < -0.4 is 9.80 Å². The Morgan fingerprint density at radius 2 is 2.00 bits per heavy atom. The molecule has 1 amide bonds. The van der Waals surface area contributed by atoms with E-state index in [0.29, 0.717) is 19.0 Å². The van der Waals surface area contributed by atoms with Crippen LogP contribution in [0.4, 0.5) is 15.4 Å². The summed E-state index contributed by atoms with van der Waals surface area (Å²) in [5.74, 6) is -0.0917. The van der Waals surface area contributed by atoms with Crippen molar-refractivity contribution in [2.45, 2.75) is 11.7 Å². The minimum absolute atomic E-state index is 0.193. The number of amides is 1. The van der Waals surface area contributed by atoms with E-state index in [0.717, 1.165) is 18.8 Å². The van der Waals surface area contributed by atoms with E-state index in [1.807, 2.05) is 6.07 Å². The third kappa shape index (κ3) is 3.05. The molecule has 22 heavy (non-hydrogen) atoms. The van der Waals surface area contributed by atoms with Crippen LogP contribution in [0.3, 0.4) is 0 Å². The van der Waals surface area contributed by atoms with Crippen LogP contribution in [0.5, 0.6) is 0 Å². The number of halogens is 1. The van der Waals surface area contributed by atoms with Crippen LogP contribution in [0, 0.1) is 0 Å². The Morgan fingerprint density at radius 3 is 2.55 bits per heavy atom. The molecule has 3 heterocycles. The van der Waals surface area contributed by atoms with Crippen molar-refractivity contribution in [3.05, 3.63) is 18.3 Å². The smallest absolute Gasteiger partial charge is 0.307 e. The highest BCUT2D eigenvalue weighted by atomic mass is 32.3. The SMILES string of the molecule is O=C1CC(S(=O)(=O)F)CN1c1ccc(N2CCOCC2)cn1. The number of pyridine rings is 1. The molecule has 1 aromatic heterocycles. The average molecular weight is 329 g/mol. The minimum atomic E-state index is -4.71. The molecule has 2 fully saturated rings. The molecule has 3 rings (SSSR count). The van der Waals surface area contributed by atoms with Crippen molar-refractivity contribution in [1.82, 2.24) is 4.98 Å². The van der Waals surface area contributed by atoms with Crippen molar-refractivity contribution in [2.75, 3.05) is 42.6 Å². The van der Waals surface area contributed by atoms with Gasteiger partial charge >= 0.3 is 10.2 Å². The fourth-order valence-corrected chi connectivity index (χ4v) is 3.30. The zero-order chi connectivity index (χ0) is 15.7. The molecular weight excluding hydrogens is 313 g/mol. The molecule has 0 saturated carbocycles. The lowest BCUT2D eigenvalue weighted by molar-refractivity contribution is -0.117. The summed E-state index contributed by atoms with van der Waals surface area (Å²) in [6.45, 7) is 2.66. The van der Waals surface area contributed by atoms with E-state index >= 15 is 0 Å². The number of hydrogen-bond acceptors (Lipinski definition) is 6. The van der Waals surface area contributed by atoms with Crippen LogP contribution in [0.1, 0.15) is 6.42 Å². The fraction of sp³-hybridized carbons (Fsp3) is 0.538. The molecule has 2 saturated heterocycles. The lowest BCUT2D eigenvalue weighted by atomic mass is 10.3. The summed E-state index contributed by atoms with van der Waals surface area (Å²) in [7, 11) is -4.71. The van der Waals surface area contributed by atoms with Crippen LogP contribution in [0.25, 0.3) is 0 Å². The normalized spacial score (nSPS) is 23.1. The molecular formula is C13H16FN3O4S. The third-order valence-corrected chi connectivity index (χ3v) is 4.98. The lowest BCUT2D eigenvalue weighted by Gasteiger charge is -2.28. The second kappa shape index (κ2) is 5.81. The van der Waals surface area contributed by atoms with E-state index in [-0.39, 0.29) is 13.0 Å². The summed E-state index contributed by atoms with van der Waals surface area (Å²) in [5.41, 5.74) is 0.911. The van der Waals surface area contributed by atoms with E-state index in [1.54, 1.807) is 12.3 Å². The van der Waals surface area contributed by atoms with Gasteiger partial charge in [-0.3, -0.25) is 9.69 Å². The zero-order valence-corrected chi connectivity index (χ0v) is 12.6. The van der Waals surface area contributed by atoms with Crippen molar-refractivity contribution in [3.8, 4) is 0 Å². The zero-order valence-electron chi connectivity index (χ0n) is 11.8. The Labute approximate surface area is 127 Å². The first kappa shape index (κ1) is 15.2. The van der Waals surface area contributed by atoms with Gasteiger partial charge in [0.1, 0.15) is 11.1 Å². The van der Waals surface area contributed by atoms with Gasteiger partial charge in [-0.1, -0.05) is 0 Å². The molecule has 1 atom stereocenters. The molecule has 9 heteroatoms. The number of hydrogen-bond donors (Lipinski definition) is 0. The summed E-state index contributed by atoms with van der Waals surface area (Å²) < 4.78 is 40.2. The maximum atomic E-state index is 13.0. The lowest BCUT2D eigenvalue weighted by Crippen LogP contribution is -2.36. The van der Waals surface area contributed by atoms with E-state index < -0.39 is 21.4 Å². The highest BCUT2D eigenvalue weighted by molar-refractivity contribution is 7.87. The van der Waals surface area contributed by atoms with Crippen molar-refractivity contribution < 1.29 is 21.8 Å². The molecule has 0 bridgehead atoms. The average Bonchev–Trinajstić information content (AvgIpc) is 2.90. The maximum Gasteiger partial charge on any atom is 0.307 e. The predicted molar refractivity (Wildman–Crippen MR) is 78.1 cm³/mol. The number of aromatic nitrogens is 1. The van der Waals surface area contributed by atoms with Crippen molar-refractivity contribution in [3.63, 3.8) is 0 Å². The summed E-state index contributed by atoms with van der Waals surface area (Å²) in [6.07, 6.45) is 1.29. The van der Waals surface area contributed by atoms with Gasteiger partial charge in [-0.2, -0.15) is 8.42 Å². The topological polar surface area (TPSA) is 79.8 Å². The molecule has 1 unspecified atom stereocenters. The molecule has 0 N–H and O–H groups in total. The molecule has 2 aliphatic heterocycles. The highest BCUT2D eigenvalue weighted by Crippen LogP contribution is 2.26. The summed E-state index contributed by atoms with van der Waals surface area (Å²) in [4.78, 5) is 19.4. The Bertz CT molecular complexity index is 658. The van der Waals surface area contributed by atoms with Gasteiger partial charge in [0, 0.05) is 26.1 Å². The van der Waals surface area contributed by atoms with Crippen LogP contribution in [0.2, 0.25) is 0 Å². The van der Waals surface area contributed by atoms with E-state index in [1.165, 1.54) is 4.90 Å². The van der Waals surface area contributed by atoms with Gasteiger partial charge in [-0.25, -0.2) is 4.98 Å². The number of rotatable bonds is 3. The van der Waals surface area contributed by atoms with Gasteiger partial charge < -0.3 is 9.64 Å². The monoisotopic (exact) mass is 329 g/mol. The van der Waals surface area contributed by atoms with Gasteiger partial charge in [-0.05, 0) is 12.1 Å². The molecule has 0 spiro atoms. The first-order valence-electron chi connectivity index (χ1n) is 6.98. The maximum absolute atomic E-state index is 13.0. The number of ether oxygens (including phenoxy) is 1. The van der Waals surface area contributed by atoms with E-state index in [2.05, 4.69) is 9.88 Å². The second-order valence-electron chi connectivity index (χ2n) is 5.28. The van der Waals surface area contributed by atoms with Crippen LogP contribution in [-0.4, -0.2) is 57.4 Å². The highest BCUT2D eigenvalue weighted by Gasteiger charge is 2.39. The molecule has 2 aliphatic rings. The first-order chi connectivity index (χ1) is 10.4. The van der Waals surface area contributed by atoms with Crippen molar-refractivity contribution >= 4 is 27.6 Å². The summed E-state index contributed by atoms with van der Waals surface area (Å²) in [6, 6.07) is 3.47. The predicted octanol–water partition coefficient (Wildman–Crippen LogP) is 0.323. The molecule has 0 radical (unpaired) electrons. The molecule has 0 aromatic carbocycles. The molecule has 0 aliphatic carbocycles. The van der Waals surface area contributed by atoms with Gasteiger partial charge in [0.15, 0.2) is 0 Å². The minimum Gasteiger partial charge on any atom is -0.378 e. The van der Waals surface area contributed by atoms with E-state index in [9.17, 15) is 17.1 Å². The van der Waals surface area contributed by atoms with Crippen LogP contribution in [0.15, 0.2) is 18.3 Å². The van der Waals surface area contributed by atoms with Gasteiger partial charge in [-0.15, -0.1) is 3.89 Å². The fourth-order valence-electron chi connectivity index (χ4n) is 2.63. The Hall–Kier alpha value is -1.74. The summed E-state index contributed by atoms with van der Waals surface area (Å²) in [5, 5.41) is -1.30. The number of nitrogens with zero attached hydrogens (tertiary/aromatic N) is 3. The van der Waals surface area contributed by atoms with Crippen LogP contribution in [-0.2, 0) is 19.8 Å². The number of carbonyl (C=O) groups is 1. The van der Waals surface area contributed by atoms with E-state index in [4.69, 9.17) is 4.74 Å². The van der Waals surface area contributed by atoms with Crippen molar-refractivity contribution in [1.29, 1.82) is 0 Å². The van der Waals surface area contributed by atoms with Gasteiger partial charge in [0.2, 0.25) is 5.91 Å². The number of carbonyl (C=O) groups excluding carboxylic acids is 1. The third-order valence-electron chi connectivity index (χ3n) is 3.87. The standard InChI is InChI=1S/C13H16FN3O4S/c14-22(19,20)11-7-13(18)17(9-11)12-2-1-10(8-15-12)16-3-5-21-6-4-16/h1-2,8,11H,3-7,9H2.